The number of hydrogen-bond acceptors (Lipinski definition) is 4. The number of nitrogens with one attached hydrogen (secondary N) is 1. The van der Waals surface area contributed by atoms with Crippen molar-refractivity contribution < 1.29 is 14.3 Å². The number of hydrogen-bond donors (Lipinski definition) is 1. The topological polar surface area (TPSA) is 55.4 Å². The summed E-state index contributed by atoms with van der Waals surface area (Å²) in [5.74, 6) is 0.347. The Hall–Kier alpha value is -0.900. The second kappa shape index (κ2) is 5.75. The van der Waals surface area contributed by atoms with Crippen LogP contribution in [0.5, 0.6) is 0 Å². The van der Waals surface area contributed by atoms with Crippen LogP contribution in [0.25, 0.3) is 0 Å². The van der Waals surface area contributed by atoms with Gasteiger partial charge in [0.15, 0.2) is 0 Å². The Morgan fingerprint density at radius 3 is 2.86 bits per heavy atom. The zero-order valence-corrected chi connectivity index (χ0v) is 8.49. The average Bonchev–Trinajstić information content (AvgIpc) is 2.26. The fourth-order valence-corrected chi connectivity index (χ4v) is 1.81. The monoisotopic (exact) mass is 199 g/mol. The zero-order valence-electron chi connectivity index (χ0n) is 8.49. The first-order chi connectivity index (χ1) is 6.77. The van der Waals surface area contributed by atoms with E-state index in [0.29, 0.717) is 12.3 Å². The van der Waals surface area contributed by atoms with Crippen molar-refractivity contribution in [3.8, 4) is 0 Å². The van der Waals surface area contributed by atoms with Gasteiger partial charge in [-0.1, -0.05) is 0 Å². The van der Waals surface area contributed by atoms with Crippen LogP contribution in [0.1, 0.15) is 25.7 Å². The quantitative estimate of drug-likeness (QED) is 0.529. The van der Waals surface area contributed by atoms with E-state index in [-0.39, 0.29) is 12.0 Å². The van der Waals surface area contributed by atoms with Gasteiger partial charge in [0.05, 0.1) is 7.11 Å². The lowest BCUT2D eigenvalue weighted by molar-refractivity contribution is -0.144. The largest absolute Gasteiger partial charge is 0.468 e. The molecule has 0 amide bonds. The van der Waals surface area contributed by atoms with Crippen molar-refractivity contribution in [2.75, 3.05) is 13.7 Å². The van der Waals surface area contributed by atoms with E-state index in [2.05, 4.69) is 10.1 Å². The maximum Gasteiger partial charge on any atom is 0.322 e. The fraction of sp³-hybridized carbons (Fsp3) is 0.800. The third-order valence-corrected chi connectivity index (χ3v) is 2.69. The molecule has 1 fully saturated rings. The maximum absolute atomic E-state index is 11.1. The SMILES string of the molecule is COC(=O)[C@@H]1CCC(CCC=O)CN1. The van der Waals surface area contributed by atoms with Gasteiger partial charge in [0, 0.05) is 6.42 Å². The Morgan fingerprint density at radius 1 is 1.57 bits per heavy atom. The second-order valence-electron chi connectivity index (χ2n) is 3.67. The van der Waals surface area contributed by atoms with E-state index in [1.165, 1.54) is 7.11 Å². The predicted molar refractivity (Wildman–Crippen MR) is 51.8 cm³/mol. The van der Waals surface area contributed by atoms with Gasteiger partial charge in [0.25, 0.3) is 0 Å². The molecule has 0 aromatic carbocycles. The standard InChI is InChI=1S/C10H17NO3/c1-14-10(13)9-5-4-8(7-11-9)3-2-6-12/h6,8-9,11H,2-5,7H2,1H3/t8?,9-/m0/s1. The van der Waals surface area contributed by atoms with Crippen LogP contribution in [0.3, 0.4) is 0 Å². The van der Waals surface area contributed by atoms with Crippen LogP contribution < -0.4 is 5.32 Å². The molecule has 1 heterocycles. The molecule has 0 spiro atoms. The number of rotatable bonds is 4. The lowest BCUT2D eigenvalue weighted by atomic mass is 9.91. The van der Waals surface area contributed by atoms with Gasteiger partial charge >= 0.3 is 5.97 Å². The van der Waals surface area contributed by atoms with E-state index in [9.17, 15) is 9.59 Å². The highest BCUT2D eigenvalue weighted by molar-refractivity contribution is 5.75. The first kappa shape index (κ1) is 11.2. The first-order valence-corrected chi connectivity index (χ1v) is 5.02. The van der Waals surface area contributed by atoms with E-state index >= 15 is 0 Å². The summed E-state index contributed by atoms with van der Waals surface area (Å²) in [7, 11) is 1.41. The van der Waals surface area contributed by atoms with E-state index in [1.807, 2.05) is 0 Å². The number of piperidine rings is 1. The van der Waals surface area contributed by atoms with Gasteiger partial charge in [0.1, 0.15) is 12.3 Å². The molecule has 1 aliphatic heterocycles. The predicted octanol–water partition coefficient (Wildman–Crippen LogP) is 0.507. The summed E-state index contributed by atoms with van der Waals surface area (Å²) >= 11 is 0. The molecule has 14 heavy (non-hydrogen) atoms. The molecule has 80 valence electrons. The minimum Gasteiger partial charge on any atom is -0.468 e. The maximum atomic E-state index is 11.1. The lowest BCUT2D eigenvalue weighted by Crippen LogP contribution is -2.44. The van der Waals surface area contributed by atoms with Crippen LogP contribution in [0.2, 0.25) is 0 Å². The van der Waals surface area contributed by atoms with Crippen LogP contribution in [0.4, 0.5) is 0 Å². The van der Waals surface area contributed by atoms with Gasteiger partial charge in [-0.2, -0.15) is 0 Å². The molecule has 2 atom stereocenters. The van der Waals surface area contributed by atoms with Gasteiger partial charge in [-0.15, -0.1) is 0 Å². The molecule has 0 aromatic heterocycles. The van der Waals surface area contributed by atoms with E-state index in [4.69, 9.17) is 0 Å². The normalized spacial score (nSPS) is 26.9. The van der Waals surface area contributed by atoms with Gasteiger partial charge in [0.2, 0.25) is 0 Å². The van der Waals surface area contributed by atoms with Gasteiger partial charge in [-0.25, -0.2) is 0 Å². The van der Waals surface area contributed by atoms with E-state index in [0.717, 1.165) is 32.1 Å². The number of esters is 1. The summed E-state index contributed by atoms with van der Waals surface area (Å²) < 4.78 is 4.65. The minimum atomic E-state index is -0.182. The van der Waals surface area contributed by atoms with Crippen molar-refractivity contribution >= 4 is 12.3 Å². The van der Waals surface area contributed by atoms with Crippen molar-refractivity contribution in [1.29, 1.82) is 0 Å². The minimum absolute atomic E-state index is 0.146. The Labute approximate surface area is 84.0 Å². The fourth-order valence-electron chi connectivity index (χ4n) is 1.81. The number of carbonyl (C=O) groups excluding carboxylic acids is 2. The molecule has 1 saturated heterocycles. The molecule has 4 heteroatoms. The average molecular weight is 199 g/mol. The summed E-state index contributed by atoms with van der Waals surface area (Å²) in [5, 5.41) is 3.14. The smallest absolute Gasteiger partial charge is 0.322 e. The van der Waals surface area contributed by atoms with Crippen LogP contribution in [0, 0.1) is 5.92 Å². The molecule has 1 rings (SSSR count). The molecular formula is C10H17NO3. The highest BCUT2D eigenvalue weighted by Gasteiger charge is 2.25. The number of ether oxygens (including phenoxy) is 1. The van der Waals surface area contributed by atoms with Crippen LogP contribution >= 0.6 is 0 Å². The number of carbonyl (C=O) groups is 2. The molecular weight excluding hydrogens is 182 g/mol. The molecule has 1 aliphatic rings. The first-order valence-electron chi connectivity index (χ1n) is 5.02. The van der Waals surface area contributed by atoms with Crippen molar-refractivity contribution in [3.05, 3.63) is 0 Å². The van der Waals surface area contributed by atoms with E-state index < -0.39 is 0 Å². The van der Waals surface area contributed by atoms with Crippen LogP contribution in [-0.2, 0) is 14.3 Å². The van der Waals surface area contributed by atoms with Crippen LogP contribution in [-0.4, -0.2) is 32.0 Å². The van der Waals surface area contributed by atoms with Crippen molar-refractivity contribution in [2.24, 2.45) is 5.92 Å². The molecule has 0 bridgehead atoms. The molecule has 0 aliphatic carbocycles. The van der Waals surface area contributed by atoms with Crippen LogP contribution in [0.15, 0.2) is 0 Å². The molecule has 0 saturated carbocycles. The van der Waals surface area contributed by atoms with E-state index in [1.54, 1.807) is 0 Å². The zero-order chi connectivity index (χ0) is 10.4. The summed E-state index contributed by atoms with van der Waals surface area (Å²) in [5.41, 5.74) is 0. The Bertz CT molecular complexity index is 198. The van der Waals surface area contributed by atoms with Crippen molar-refractivity contribution in [3.63, 3.8) is 0 Å². The lowest BCUT2D eigenvalue weighted by Gasteiger charge is -2.27. The Kier molecular flexibility index (Phi) is 4.59. The molecule has 0 aromatic rings. The molecule has 4 nitrogen and oxygen atoms in total. The Balaban J connectivity index is 2.24. The van der Waals surface area contributed by atoms with Gasteiger partial charge in [-0.05, 0) is 31.7 Å². The molecule has 1 N–H and O–H groups in total. The van der Waals surface area contributed by atoms with Gasteiger partial charge in [-0.3, -0.25) is 4.79 Å². The highest BCUT2D eigenvalue weighted by atomic mass is 16.5. The van der Waals surface area contributed by atoms with Crippen molar-refractivity contribution in [1.82, 2.24) is 5.32 Å². The summed E-state index contributed by atoms with van der Waals surface area (Å²) in [6, 6.07) is -0.146. The summed E-state index contributed by atoms with van der Waals surface area (Å²) in [6.07, 6.45) is 4.31. The molecule has 1 unspecified atom stereocenters. The number of methoxy groups -OCH3 is 1. The number of aldehydes is 1. The van der Waals surface area contributed by atoms with Gasteiger partial charge < -0.3 is 14.8 Å². The second-order valence-corrected chi connectivity index (χ2v) is 3.67. The molecule has 0 radical (unpaired) electrons. The Morgan fingerprint density at radius 2 is 2.36 bits per heavy atom. The highest BCUT2D eigenvalue weighted by Crippen LogP contribution is 2.18. The summed E-state index contributed by atoms with van der Waals surface area (Å²) in [6.45, 7) is 0.813. The third-order valence-electron chi connectivity index (χ3n) is 2.69. The van der Waals surface area contributed by atoms with Crippen molar-refractivity contribution in [2.45, 2.75) is 31.7 Å². The summed E-state index contributed by atoms with van der Waals surface area (Å²) in [4.78, 5) is 21.3. The third kappa shape index (κ3) is 3.10.